The summed E-state index contributed by atoms with van der Waals surface area (Å²) >= 11 is 0. The Bertz CT molecular complexity index is 924. The molecule has 3 heteroatoms. The molecular formula is C18H12O3. The summed E-state index contributed by atoms with van der Waals surface area (Å²) in [6.45, 7) is 0. The van der Waals surface area contributed by atoms with Gasteiger partial charge in [-0.2, -0.15) is 0 Å². The molecule has 1 aliphatic carbocycles. The molecule has 3 nitrogen and oxygen atoms in total. The van der Waals surface area contributed by atoms with Gasteiger partial charge >= 0.3 is 0 Å². The van der Waals surface area contributed by atoms with E-state index in [1.165, 1.54) is 0 Å². The summed E-state index contributed by atoms with van der Waals surface area (Å²) in [5, 5.41) is 13.6. The van der Waals surface area contributed by atoms with Gasteiger partial charge in [0.1, 0.15) is 6.10 Å². The number of Topliss-reactive ketones (excluding diaryl/α,β-unsaturated/α-hetero) is 2. The van der Waals surface area contributed by atoms with Crippen LogP contribution in [0.25, 0.3) is 21.5 Å². The molecule has 1 atom stereocenters. The van der Waals surface area contributed by atoms with Crippen LogP contribution in [0.3, 0.4) is 0 Å². The summed E-state index contributed by atoms with van der Waals surface area (Å²) in [6, 6.07) is 15.3. The topological polar surface area (TPSA) is 54.4 Å². The molecule has 0 spiro atoms. The summed E-state index contributed by atoms with van der Waals surface area (Å²) in [5.74, 6) is -0.530. The van der Waals surface area contributed by atoms with E-state index in [-0.39, 0.29) is 18.0 Å². The Morgan fingerprint density at radius 1 is 0.857 bits per heavy atom. The summed E-state index contributed by atoms with van der Waals surface area (Å²) < 4.78 is 0. The van der Waals surface area contributed by atoms with E-state index in [0.29, 0.717) is 11.1 Å². The first kappa shape index (κ1) is 12.2. The monoisotopic (exact) mass is 276 g/mol. The predicted molar refractivity (Wildman–Crippen MR) is 80.7 cm³/mol. The minimum Gasteiger partial charge on any atom is -0.384 e. The first-order chi connectivity index (χ1) is 10.2. The van der Waals surface area contributed by atoms with Gasteiger partial charge in [0.2, 0.25) is 0 Å². The summed E-state index contributed by atoms with van der Waals surface area (Å²) in [6.07, 6.45) is -1.33. The molecule has 0 heterocycles. The zero-order chi connectivity index (χ0) is 14.6. The van der Waals surface area contributed by atoms with Crippen molar-refractivity contribution in [2.45, 2.75) is 12.5 Å². The standard InChI is InChI=1S/C18H12O3/c19-15-9-16(20)18(21)14-8-7-12-11-4-2-1-3-10(11)5-6-13(12)17(14)15/h1-8,16,20H,9H2/t16-/m1/s1. The van der Waals surface area contributed by atoms with Crippen LogP contribution < -0.4 is 0 Å². The quantitative estimate of drug-likeness (QED) is 0.642. The number of hydrogen-bond donors (Lipinski definition) is 1. The Morgan fingerprint density at radius 2 is 1.62 bits per heavy atom. The molecule has 0 fully saturated rings. The first-order valence-electron chi connectivity index (χ1n) is 6.87. The van der Waals surface area contributed by atoms with E-state index in [0.717, 1.165) is 21.5 Å². The van der Waals surface area contributed by atoms with E-state index < -0.39 is 6.10 Å². The molecule has 3 aromatic rings. The minimum atomic E-state index is -1.21. The maximum Gasteiger partial charge on any atom is 0.192 e. The third kappa shape index (κ3) is 1.64. The van der Waals surface area contributed by atoms with Crippen LogP contribution in [-0.4, -0.2) is 22.8 Å². The molecule has 0 amide bonds. The second-order valence-electron chi connectivity index (χ2n) is 5.38. The Labute approximate surface area is 120 Å². The van der Waals surface area contributed by atoms with Gasteiger partial charge in [-0.05, 0) is 27.6 Å². The molecule has 0 bridgehead atoms. The molecule has 0 aliphatic heterocycles. The Hall–Kier alpha value is -2.52. The molecule has 0 unspecified atom stereocenters. The fraction of sp³-hybridized carbons (Fsp3) is 0.111. The van der Waals surface area contributed by atoms with Crippen molar-refractivity contribution in [1.29, 1.82) is 0 Å². The normalized spacial score (nSPS) is 18.2. The lowest BCUT2D eigenvalue weighted by molar-refractivity contribution is 0.0654. The van der Waals surface area contributed by atoms with Crippen molar-refractivity contribution >= 4 is 33.1 Å². The molecule has 21 heavy (non-hydrogen) atoms. The summed E-state index contributed by atoms with van der Waals surface area (Å²) in [7, 11) is 0. The average Bonchev–Trinajstić information content (AvgIpc) is 2.51. The molecule has 0 saturated carbocycles. The summed E-state index contributed by atoms with van der Waals surface area (Å²) in [4.78, 5) is 24.3. The van der Waals surface area contributed by atoms with Crippen LogP contribution in [-0.2, 0) is 0 Å². The number of aliphatic hydroxyl groups excluding tert-OH is 1. The van der Waals surface area contributed by atoms with Crippen LogP contribution in [0.5, 0.6) is 0 Å². The number of carbonyl (C=O) groups is 2. The molecule has 0 aromatic heterocycles. The van der Waals surface area contributed by atoms with Crippen LogP contribution >= 0.6 is 0 Å². The summed E-state index contributed by atoms with van der Waals surface area (Å²) in [5.41, 5.74) is 0.787. The first-order valence-corrected chi connectivity index (χ1v) is 6.87. The van der Waals surface area contributed by atoms with E-state index in [2.05, 4.69) is 0 Å². The smallest absolute Gasteiger partial charge is 0.192 e. The van der Waals surface area contributed by atoms with Crippen LogP contribution in [0.1, 0.15) is 27.1 Å². The lowest BCUT2D eigenvalue weighted by Gasteiger charge is -2.20. The number of ketones is 2. The SMILES string of the molecule is O=C1C[C@@H](O)C(=O)c2ccc3c(ccc4ccccc43)c21. The second kappa shape index (κ2) is 4.24. The van der Waals surface area contributed by atoms with Crippen LogP contribution in [0.15, 0.2) is 48.5 Å². The van der Waals surface area contributed by atoms with Crippen LogP contribution in [0, 0.1) is 0 Å². The average molecular weight is 276 g/mol. The van der Waals surface area contributed by atoms with Crippen molar-refractivity contribution in [3.63, 3.8) is 0 Å². The number of aliphatic hydroxyl groups is 1. The van der Waals surface area contributed by atoms with Crippen LogP contribution in [0.2, 0.25) is 0 Å². The molecule has 0 saturated heterocycles. The van der Waals surface area contributed by atoms with Gasteiger partial charge in [-0.1, -0.05) is 42.5 Å². The lowest BCUT2D eigenvalue weighted by atomic mass is 9.83. The Kier molecular flexibility index (Phi) is 2.47. The fourth-order valence-corrected chi connectivity index (χ4v) is 3.14. The highest BCUT2D eigenvalue weighted by atomic mass is 16.3. The number of rotatable bonds is 0. The van der Waals surface area contributed by atoms with Gasteiger partial charge in [-0.3, -0.25) is 9.59 Å². The maximum absolute atomic E-state index is 12.3. The lowest BCUT2D eigenvalue weighted by Crippen LogP contribution is -2.31. The van der Waals surface area contributed by atoms with Gasteiger partial charge in [0.05, 0.1) is 0 Å². The third-order valence-electron chi connectivity index (χ3n) is 4.15. The molecular weight excluding hydrogens is 264 g/mol. The number of hydrogen-bond acceptors (Lipinski definition) is 3. The van der Waals surface area contributed by atoms with Gasteiger partial charge in [-0.15, -0.1) is 0 Å². The molecule has 1 N–H and O–H groups in total. The van der Waals surface area contributed by atoms with Crippen LogP contribution in [0.4, 0.5) is 0 Å². The Balaban J connectivity index is 2.15. The predicted octanol–water partition coefficient (Wildman–Crippen LogP) is 3.12. The van der Waals surface area contributed by atoms with Crippen molar-refractivity contribution in [3.8, 4) is 0 Å². The highest BCUT2D eigenvalue weighted by Gasteiger charge is 2.32. The number of carbonyl (C=O) groups excluding carboxylic acids is 2. The van der Waals surface area contributed by atoms with Crippen molar-refractivity contribution in [1.82, 2.24) is 0 Å². The molecule has 102 valence electrons. The van der Waals surface area contributed by atoms with E-state index in [4.69, 9.17) is 0 Å². The molecule has 0 radical (unpaired) electrons. The van der Waals surface area contributed by atoms with E-state index in [1.807, 2.05) is 42.5 Å². The van der Waals surface area contributed by atoms with E-state index >= 15 is 0 Å². The molecule has 4 rings (SSSR count). The third-order valence-corrected chi connectivity index (χ3v) is 4.15. The van der Waals surface area contributed by atoms with Crippen molar-refractivity contribution in [3.05, 3.63) is 59.7 Å². The highest BCUT2D eigenvalue weighted by Crippen LogP contribution is 2.33. The maximum atomic E-state index is 12.3. The van der Waals surface area contributed by atoms with Gasteiger partial charge in [0, 0.05) is 17.5 Å². The molecule has 1 aliphatic rings. The number of benzene rings is 3. The largest absolute Gasteiger partial charge is 0.384 e. The van der Waals surface area contributed by atoms with Crippen molar-refractivity contribution in [2.75, 3.05) is 0 Å². The van der Waals surface area contributed by atoms with Gasteiger partial charge < -0.3 is 5.11 Å². The van der Waals surface area contributed by atoms with Gasteiger partial charge in [0.15, 0.2) is 11.6 Å². The Morgan fingerprint density at radius 3 is 2.48 bits per heavy atom. The van der Waals surface area contributed by atoms with Crippen molar-refractivity contribution < 1.29 is 14.7 Å². The minimum absolute atomic E-state index is 0.127. The van der Waals surface area contributed by atoms with E-state index in [9.17, 15) is 14.7 Å². The van der Waals surface area contributed by atoms with E-state index in [1.54, 1.807) is 6.07 Å². The highest BCUT2D eigenvalue weighted by molar-refractivity contribution is 6.24. The zero-order valence-corrected chi connectivity index (χ0v) is 11.2. The van der Waals surface area contributed by atoms with Crippen molar-refractivity contribution in [2.24, 2.45) is 0 Å². The molecule has 3 aromatic carbocycles. The number of fused-ring (bicyclic) bond motifs is 5. The van der Waals surface area contributed by atoms with Gasteiger partial charge in [-0.25, -0.2) is 0 Å². The second-order valence-corrected chi connectivity index (χ2v) is 5.38. The van der Waals surface area contributed by atoms with Gasteiger partial charge in [0.25, 0.3) is 0 Å². The fourth-order valence-electron chi connectivity index (χ4n) is 3.14. The zero-order valence-electron chi connectivity index (χ0n) is 11.2.